The van der Waals surface area contributed by atoms with Gasteiger partial charge in [0, 0.05) is 20.1 Å². The average Bonchev–Trinajstić information content (AvgIpc) is 3.01. The van der Waals surface area contributed by atoms with Gasteiger partial charge in [0.15, 0.2) is 0 Å². The molecule has 18 heavy (non-hydrogen) atoms. The third kappa shape index (κ3) is 2.41. The van der Waals surface area contributed by atoms with E-state index in [1.807, 2.05) is 11.9 Å². The van der Waals surface area contributed by atoms with Crippen molar-refractivity contribution in [2.45, 2.75) is 31.7 Å². The van der Waals surface area contributed by atoms with Crippen LogP contribution in [0.3, 0.4) is 0 Å². The van der Waals surface area contributed by atoms with Crippen LogP contribution in [-0.4, -0.2) is 50.2 Å². The molecular weight excluding hydrogens is 228 g/mol. The lowest BCUT2D eigenvalue weighted by Gasteiger charge is -2.31. The molecule has 4 unspecified atom stereocenters. The molecule has 3 rings (SSSR count). The van der Waals surface area contributed by atoms with Crippen molar-refractivity contribution >= 4 is 5.91 Å². The Morgan fingerprint density at radius 2 is 2.28 bits per heavy atom. The summed E-state index contributed by atoms with van der Waals surface area (Å²) in [5.41, 5.74) is 0. The number of morpholine rings is 1. The summed E-state index contributed by atoms with van der Waals surface area (Å²) in [5.74, 6) is 2.81. The van der Waals surface area contributed by atoms with E-state index in [-0.39, 0.29) is 11.9 Å². The van der Waals surface area contributed by atoms with Gasteiger partial charge in [0.2, 0.25) is 5.91 Å². The zero-order valence-corrected chi connectivity index (χ0v) is 11.2. The monoisotopic (exact) mass is 252 g/mol. The molecule has 2 aliphatic carbocycles. The van der Waals surface area contributed by atoms with Crippen molar-refractivity contribution in [3.8, 4) is 0 Å². The molecule has 2 bridgehead atoms. The minimum absolute atomic E-state index is 0.123. The number of nitrogens with one attached hydrogen (secondary N) is 1. The van der Waals surface area contributed by atoms with Crippen LogP contribution in [0.25, 0.3) is 0 Å². The molecular formula is C14H24N2O2. The predicted octanol–water partition coefficient (Wildman–Crippen LogP) is 0.869. The summed E-state index contributed by atoms with van der Waals surface area (Å²) in [6.07, 6.45) is 5.58. The number of ether oxygens (including phenoxy) is 1. The SMILES string of the molecule is CN(CC1CC2CCC1C2)C(=O)C1COCCN1. The topological polar surface area (TPSA) is 41.6 Å². The molecule has 3 fully saturated rings. The van der Waals surface area contributed by atoms with Crippen molar-refractivity contribution < 1.29 is 9.53 Å². The normalized spacial score (nSPS) is 38.9. The van der Waals surface area contributed by atoms with Crippen LogP contribution in [0.1, 0.15) is 25.7 Å². The van der Waals surface area contributed by atoms with Gasteiger partial charge in [-0.15, -0.1) is 0 Å². The van der Waals surface area contributed by atoms with Crippen molar-refractivity contribution in [1.29, 1.82) is 0 Å². The van der Waals surface area contributed by atoms with E-state index in [4.69, 9.17) is 4.74 Å². The number of hydrogen-bond donors (Lipinski definition) is 1. The zero-order valence-electron chi connectivity index (χ0n) is 11.2. The van der Waals surface area contributed by atoms with Crippen LogP contribution in [0.5, 0.6) is 0 Å². The highest BCUT2D eigenvalue weighted by Gasteiger charge is 2.40. The fourth-order valence-corrected chi connectivity index (χ4v) is 4.03. The number of fused-ring (bicyclic) bond motifs is 2. The summed E-state index contributed by atoms with van der Waals surface area (Å²) in [6.45, 7) is 2.98. The fourth-order valence-electron chi connectivity index (χ4n) is 4.03. The predicted molar refractivity (Wildman–Crippen MR) is 69.2 cm³/mol. The summed E-state index contributed by atoms with van der Waals surface area (Å²) in [6, 6.07) is -0.123. The molecule has 0 aromatic rings. The summed E-state index contributed by atoms with van der Waals surface area (Å²) >= 11 is 0. The average molecular weight is 252 g/mol. The molecule has 0 aromatic carbocycles. The first-order chi connectivity index (χ1) is 8.74. The molecule has 3 aliphatic rings. The standard InChI is InChI=1S/C14H24N2O2/c1-16(14(17)13-9-18-5-4-15-13)8-12-7-10-2-3-11(12)6-10/h10-13,15H,2-9H2,1H3. The molecule has 2 saturated carbocycles. The number of nitrogens with zero attached hydrogens (tertiary/aromatic N) is 1. The molecule has 4 nitrogen and oxygen atoms in total. The Kier molecular flexibility index (Phi) is 3.57. The summed E-state index contributed by atoms with van der Waals surface area (Å²) in [4.78, 5) is 14.2. The Labute approximate surface area is 109 Å². The van der Waals surface area contributed by atoms with E-state index < -0.39 is 0 Å². The maximum absolute atomic E-state index is 12.3. The molecule has 0 spiro atoms. The van der Waals surface area contributed by atoms with Gasteiger partial charge in [0.25, 0.3) is 0 Å². The number of rotatable bonds is 3. The molecule has 0 radical (unpaired) electrons. The second-order valence-electron chi connectivity index (χ2n) is 6.24. The number of likely N-dealkylation sites (N-methyl/N-ethyl adjacent to an activating group) is 1. The fraction of sp³-hybridized carbons (Fsp3) is 0.929. The number of carbonyl (C=O) groups excluding carboxylic acids is 1. The van der Waals surface area contributed by atoms with Crippen LogP contribution >= 0.6 is 0 Å². The molecule has 4 atom stereocenters. The molecule has 1 heterocycles. The van der Waals surface area contributed by atoms with Crippen LogP contribution in [0.2, 0.25) is 0 Å². The maximum atomic E-state index is 12.3. The highest BCUT2D eigenvalue weighted by molar-refractivity contribution is 5.81. The molecule has 1 aliphatic heterocycles. The van der Waals surface area contributed by atoms with Crippen LogP contribution in [0.4, 0.5) is 0 Å². The minimum Gasteiger partial charge on any atom is -0.378 e. The van der Waals surface area contributed by atoms with Crippen LogP contribution in [-0.2, 0) is 9.53 Å². The Balaban J connectivity index is 1.51. The van der Waals surface area contributed by atoms with Gasteiger partial charge < -0.3 is 15.0 Å². The van der Waals surface area contributed by atoms with Crippen molar-refractivity contribution in [1.82, 2.24) is 10.2 Å². The summed E-state index contributed by atoms with van der Waals surface area (Å²) < 4.78 is 5.36. The molecule has 4 heteroatoms. The lowest BCUT2D eigenvalue weighted by Crippen LogP contribution is -2.52. The van der Waals surface area contributed by atoms with Crippen molar-refractivity contribution in [3.05, 3.63) is 0 Å². The summed E-state index contributed by atoms with van der Waals surface area (Å²) in [7, 11) is 1.95. The van der Waals surface area contributed by atoms with E-state index >= 15 is 0 Å². The molecule has 1 amide bonds. The van der Waals surface area contributed by atoms with Gasteiger partial charge in [-0.2, -0.15) is 0 Å². The van der Waals surface area contributed by atoms with Crippen LogP contribution < -0.4 is 5.32 Å². The molecule has 1 saturated heterocycles. The van der Waals surface area contributed by atoms with E-state index in [2.05, 4.69) is 5.32 Å². The third-order valence-electron chi connectivity index (χ3n) is 4.99. The molecule has 1 N–H and O–H groups in total. The van der Waals surface area contributed by atoms with Gasteiger partial charge in [-0.1, -0.05) is 6.42 Å². The number of carbonyl (C=O) groups is 1. The van der Waals surface area contributed by atoms with Gasteiger partial charge in [-0.05, 0) is 37.0 Å². The second kappa shape index (κ2) is 5.17. The number of amides is 1. The Bertz CT molecular complexity index is 315. The first-order valence-corrected chi connectivity index (χ1v) is 7.30. The smallest absolute Gasteiger partial charge is 0.241 e. The van der Waals surface area contributed by atoms with Gasteiger partial charge in [-0.25, -0.2) is 0 Å². The Morgan fingerprint density at radius 1 is 1.39 bits per heavy atom. The van der Waals surface area contributed by atoms with Gasteiger partial charge >= 0.3 is 0 Å². The highest BCUT2D eigenvalue weighted by Crippen LogP contribution is 2.48. The second-order valence-corrected chi connectivity index (χ2v) is 6.24. The van der Waals surface area contributed by atoms with E-state index in [9.17, 15) is 4.79 Å². The number of hydrogen-bond acceptors (Lipinski definition) is 3. The van der Waals surface area contributed by atoms with Gasteiger partial charge in [-0.3, -0.25) is 4.79 Å². The first-order valence-electron chi connectivity index (χ1n) is 7.30. The van der Waals surface area contributed by atoms with Crippen LogP contribution in [0.15, 0.2) is 0 Å². The first kappa shape index (κ1) is 12.4. The zero-order chi connectivity index (χ0) is 12.5. The van der Waals surface area contributed by atoms with Crippen LogP contribution in [0, 0.1) is 17.8 Å². The van der Waals surface area contributed by atoms with Gasteiger partial charge in [0.1, 0.15) is 6.04 Å². The molecule has 102 valence electrons. The summed E-state index contributed by atoms with van der Waals surface area (Å²) in [5, 5.41) is 3.24. The quantitative estimate of drug-likeness (QED) is 0.810. The van der Waals surface area contributed by atoms with Crippen molar-refractivity contribution in [2.24, 2.45) is 17.8 Å². The minimum atomic E-state index is -0.123. The largest absolute Gasteiger partial charge is 0.378 e. The lowest BCUT2D eigenvalue weighted by molar-refractivity contribution is -0.135. The van der Waals surface area contributed by atoms with E-state index in [0.29, 0.717) is 6.61 Å². The maximum Gasteiger partial charge on any atom is 0.241 e. The van der Waals surface area contributed by atoms with E-state index in [1.165, 1.54) is 25.7 Å². The molecule has 0 aromatic heterocycles. The highest BCUT2D eigenvalue weighted by atomic mass is 16.5. The van der Waals surface area contributed by atoms with E-state index in [1.54, 1.807) is 0 Å². The van der Waals surface area contributed by atoms with Crippen molar-refractivity contribution in [3.63, 3.8) is 0 Å². The van der Waals surface area contributed by atoms with E-state index in [0.717, 1.165) is 37.5 Å². The lowest BCUT2D eigenvalue weighted by atomic mass is 9.88. The third-order valence-corrected chi connectivity index (χ3v) is 4.99. The Morgan fingerprint density at radius 3 is 2.89 bits per heavy atom. The Hall–Kier alpha value is -0.610. The van der Waals surface area contributed by atoms with Crippen molar-refractivity contribution in [2.75, 3.05) is 33.4 Å². The van der Waals surface area contributed by atoms with Gasteiger partial charge in [0.05, 0.1) is 13.2 Å².